The number of hydrogen-bond donors (Lipinski definition) is 2. The first-order valence-electron chi connectivity index (χ1n) is 7.90. The zero-order chi connectivity index (χ0) is 19.0. The minimum Gasteiger partial charge on any atom is -0.444 e. The molecule has 7 heteroatoms. The summed E-state index contributed by atoms with van der Waals surface area (Å²) in [5, 5.41) is 9.17. The Morgan fingerprint density at radius 1 is 1.00 bits per heavy atom. The largest absolute Gasteiger partial charge is 0.444 e. The average Bonchev–Trinajstić information content (AvgIpc) is 2.56. The molecule has 0 saturated heterocycles. The highest BCUT2D eigenvalue weighted by Gasteiger charge is 2.16. The minimum absolute atomic E-state index is 0.0547. The van der Waals surface area contributed by atoms with Crippen molar-refractivity contribution in [2.45, 2.75) is 26.4 Å². The van der Waals surface area contributed by atoms with E-state index >= 15 is 0 Å². The maximum atomic E-state index is 11.8. The monoisotopic (exact) mass is 352 g/mol. The van der Waals surface area contributed by atoms with E-state index in [4.69, 9.17) is 16.0 Å². The van der Waals surface area contributed by atoms with E-state index in [0.29, 0.717) is 17.1 Å². The first kappa shape index (κ1) is 18.8. The van der Waals surface area contributed by atoms with E-state index in [1.165, 1.54) is 0 Å². The molecule has 7 nitrogen and oxygen atoms in total. The Morgan fingerprint density at radius 2 is 1.58 bits per heavy atom. The lowest BCUT2D eigenvalue weighted by molar-refractivity contribution is 0.0636. The van der Waals surface area contributed by atoms with Crippen molar-refractivity contribution >= 4 is 23.5 Å². The molecule has 2 aromatic rings. The molecule has 134 valence electrons. The first-order valence-corrected chi connectivity index (χ1v) is 7.90. The number of para-hydroxylation sites is 1. The number of nitrogens with zero attached hydrogens (tertiary/aromatic N) is 2. The highest BCUT2D eigenvalue weighted by atomic mass is 16.6. The third-order valence-corrected chi connectivity index (χ3v) is 2.88. The van der Waals surface area contributed by atoms with Gasteiger partial charge in [-0.15, -0.1) is 4.95 Å². The van der Waals surface area contributed by atoms with Gasteiger partial charge in [-0.05, 0) is 57.2 Å². The van der Waals surface area contributed by atoms with Gasteiger partial charge in [0.2, 0.25) is 0 Å². The zero-order valence-electron chi connectivity index (χ0n) is 14.8. The number of hydrogen-bond acceptors (Lipinski definition) is 4. The molecule has 0 spiro atoms. The quantitative estimate of drug-likeness (QED) is 0.363. The molecule has 26 heavy (non-hydrogen) atoms. The number of carbonyl (C=O) groups excluding carboxylic acids is 1. The molecule has 2 rings (SSSR count). The molecule has 0 aliphatic heterocycles. The summed E-state index contributed by atoms with van der Waals surface area (Å²) in [4.78, 5) is 14.8. The lowest BCUT2D eigenvalue weighted by atomic mass is 10.2. The summed E-state index contributed by atoms with van der Waals surface area (Å²) in [6, 6.07) is 15.9. The third-order valence-electron chi connectivity index (χ3n) is 2.88. The number of amidine groups is 1. The number of ether oxygens (including phenoxy) is 2. The Labute approximate surface area is 152 Å². The predicted molar refractivity (Wildman–Crippen MR) is 101 cm³/mol. The van der Waals surface area contributed by atoms with Crippen molar-refractivity contribution in [3.8, 4) is 5.75 Å². The van der Waals surface area contributed by atoms with Crippen LogP contribution in [0, 0.1) is 6.57 Å². The molecule has 0 fully saturated rings. The van der Waals surface area contributed by atoms with Crippen LogP contribution in [0.15, 0.2) is 59.7 Å². The van der Waals surface area contributed by atoms with Gasteiger partial charge in [-0.3, -0.25) is 5.32 Å². The molecule has 0 radical (unpaired) electrons. The van der Waals surface area contributed by atoms with Crippen molar-refractivity contribution in [1.82, 2.24) is 0 Å². The molecule has 0 saturated carbocycles. The van der Waals surface area contributed by atoms with E-state index in [1.807, 2.05) is 18.2 Å². The van der Waals surface area contributed by atoms with Crippen LogP contribution in [0.3, 0.4) is 0 Å². The Balaban J connectivity index is 1.99. The van der Waals surface area contributed by atoms with E-state index in [1.54, 1.807) is 57.2 Å². The van der Waals surface area contributed by atoms with Crippen molar-refractivity contribution in [2.75, 3.05) is 10.6 Å². The van der Waals surface area contributed by atoms with Gasteiger partial charge in [0.25, 0.3) is 0 Å². The van der Waals surface area contributed by atoms with Crippen LogP contribution in [0.5, 0.6) is 5.75 Å². The molecular formula is C19H20N4O3. The van der Waals surface area contributed by atoms with E-state index in [-0.39, 0.29) is 6.02 Å². The van der Waals surface area contributed by atoms with Crippen LogP contribution in [0.4, 0.5) is 16.2 Å². The fourth-order valence-corrected chi connectivity index (χ4v) is 1.90. The molecule has 0 unspecified atom stereocenters. The second-order valence-corrected chi connectivity index (χ2v) is 6.25. The second kappa shape index (κ2) is 8.53. The van der Waals surface area contributed by atoms with Crippen LogP contribution in [-0.4, -0.2) is 17.7 Å². The number of amides is 1. The van der Waals surface area contributed by atoms with E-state index in [0.717, 1.165) is 0 Å². The molecule has 0 heterocycles. The fourth-order valence-electron chi connectivity index (χ4n) is 1.90. The first-order chi connectivity index (χ1) is 12.4. The van der Waals surface area contributed by atoms with E-state index in [2.05, 4.69) is 20.7 Å². The van der Waals surface area contributed by atoms with Gasteiger partial charge in [-0.2, -0.15) is 6.57 Å². The summed E-state index contributed by atoms with van der Waals surface area (Å²) < 4.78 is 10.7. The van der Waals surface area contributed by atoms with Gasteiger partial charge in [0.1, 0.15) is 16.5 Å². The molecule has 2 aromatic carbocycles. The van der Waals surface area contributed by atoms with Gasteiger partial charge in [0, 0.05) is 11.4 Å². The number of benzene rings is 2. The molecule has 2 N–H and O–H groups in total. The number of nitrogens with one attached hydrogen (secondary N) is 2. The number of carbonyl (C=O) groups is 1. The van der Waals surface area contributed by atoms with Crippen LogP contribution in [0.25, 0.3) is 4.95 Å². The fraction of sp³-hybridized carbons (Fsp3) is 0.211. The standard InChI is InChI=1S/C19H20N4O3/c1-19(2,3)26-18(24)22-15-12-10-14(11-13-15)21-17(23-20-4)25-16-8-6-5-7-9-16/h5-13H,1-3H3,(H,21,23)(H,22,24). The molecule has 0 bridgehead atoms. The normalized spacial score (nSPS) is 11.2. The minimum atomic E-state index is -0.564. The predicted octanol–water partition coefficient (Wildman–Crippen LogP) is 4.71. The second-order valence-electron chi connectivity index (χ2n) is 6.25. The summed E-state index contributed by atoms with van der Waals surface area (Å²) in [5.74, 6) is 0.561. The maximum absolute atomic E-state index is 11.8. The van der Waals surface area contributed by atoms with Crippen molar-refractivity contribution < 1.29 is 14.3 Å². The van der Waals surface area contributed by atoms with Crippen LogP contribution >= 0.6 is 0 Å². The van der Waals surface area contributed by atoms with Crippen LogP contribution in [-0.2, 0) is 4.74 Å². The van der Waals surface area contributed by atoms with Crippen molar-refractivity contribution in [2.24, 2.45) is 5.10 Å². The van der Waals surface area contributed by atoms with Crippen molar-refractivity contribution in [3.05, 3.63) is 66.1 Å². The highest BCUT2D eigenvalue weighted by molar-refractivity contribution is 5.91. The van der Waals surface area contributed by atoms with Crippen LogP contribution < -0.4 is 15.4 Å². The summed E-state index contributed by atoms with van der Waals surface area (Å²) >= 11 is 0. The zero-order valence-corrected chi connectivity index (χ0v) is 14.8. The highest BCUT2D eigenvalue weighted by Crippen LogP contribution is 2.16. The van der Waals surface area contributed by atoms with Crippen LogP contribution in [0.1, 0.15) is 20.8 Å². The lowest BCUT2D eigenvalue weighted by Crippen LogP contribution is -2.27. The summed E-state index contributed by atoms with van der Waals surface area (Å²) in [7, 11) is 0. The van der Waals surface area contributed by atoms with Gasteiger partial charge >= 0.3 is 12.1 Å². The molecule has 0 aliphatic rings. The van der Waals surface area contributed by atoms with Crippen LogP contribution in [0.2, 0.25) is 0 Å². The lowest BCUT2D eigenvalue weighted by Gasteiger charge is -2.19. The summed E-state index contributed by atoms with van der Waals surface area (Å²) in [6.07, 6.45) is -0.527. The number of rotatable bonds is 3. The van der Waals surface area contributed by atoms with Crippen molar-refractivity contribution in [3.63, 3.8) is 0 Å². The smallest absolute Gasteiger partial charge is 0.412 e. The van der Waals surface area contributed by atoms with Gasteiger partial charge in [0.05, 0.1) is 0 Å². The molecular weight excluding hydrogens is 332 g/mol. The SMILES string of the molecule is [C-]#[N+]N=C(Nc1ccc(NC(=O)OC(C)(C)C)cc1)Oc1ccccc1. The van der Waals surface area contributed by atoms with Gasteiger partial charge < -0.3 is 14.8 Å². The van der Waals surface area contributed by atoms with Gasteiger partial charge in [-0.1, -0.05) is 18.2 Å². The average molecular weight is 352 g/mol. The number of anilines is 2. The molecule has 0 aliphatic carbocycles. The Morgan fingerprint density at radius 3 is 2.12 bits per heavy atom. The van der Waals surface area contributed by atoms with E-state index in [9.17, 15) is 4.79 Å². The van der Waals surface area contributed by atoms with Gasteiger partial charge in [-0.25, -0.2) is 4.79 Å². The molecule has 0 atom stereocenters. The molecule has 1 amide bonds. The third kappa shape index (κ3) is 6.53. The Hall–Kier alpha value is -3.53. The van der Waals surface area contributed by atoms with Crippen molar-refractivity contribution in [1.29, 1.82) is 0 Å². The summed E-state index contributed by atoms with van der Waals surface area (Å²) in [5.41, 5.74) is 0.668. The topological polar surface area (TPSA) is 76.3 Å². The maximum Gasteiger partial charge on any atom is 0.412 e. The van der Waals surface area contributed by atoms with Gasteiger partial charge in [0.15, 0.2) is 0 Å². The Kier molecular flexibility index (Phi) is 6.17. The molecule has 0 aromatic heterocycles. The summed E-state index contributed by atoms with van der Waals surface area (Å²) in [6.45, 7) is 12.3. The van der Waals surface area contributed by atoms with E-state index < -0.39 is 11.7 Å². The Bertz CT molecular complexity index is 803.